The largest absolute Gasteiger partial charge is 0.353 e. The summed E-state index contributed by atoms with van der Waals surface area (Å²) in [6.45, 7) is 11.8. The second-order valence-electron chi connectivity index (χ2n) is 4.00. The molecule has 1 heterocycles. The lowest BCUT2D eigenvalue weighted by Crippen LogP contribution is -2.27. The normalized spacial score (nSPS) is 10.2. The molecule has 3 nitrogen and oxygen atoms in total. The number of pyridine rings is 1. The third-order valence-corrected chi connectivity index (χ3v) is 2.58. The highest BCUT2D eigenvalue weighted by Crippen LogP contribution is 2.17. The van der Waals surface area contributed by atoms with Crippen LogP contribution in [0.4, 0.5) is 5.82 Å². The molecule has 3 heteroatoms. The Balaban J connectivity index is 2.87. The van der Waals surface area contributed by atoms with Crippen LogP contribution < -0.4 is 10.2 Å². The third kappa shape index (κ3) is 4.19. The number of hydrogen-bond acceptors (Lipinski definition) is 3. The molecule has 1 aromatic heterocycles. The van der Waals surface area contributed by atoms with Crippen LogP contribution in [0.3, 0.4) is 0 Å². The van der Waals surface area contributed by atoms with E-state index in [1.54, 1.807) is 0 Å². The van der Waals surface area contributed by atoms with Crippen LogP contribution in [0.1, 0.15) is 25.8 Å². The standard InChI is InChI=1S/C14H23N3/c1-4-10-17(11-5-2)14-13(12-15-6-3)8-7-9-16-14/h4,7-9,15H,1,5-6,10-12H2,2-3H3. The van der Waals surface area contributed by atoms with E-state index in [0.29, 0.717) is 0 Å². The van der Waals surface area contributed by atoms with Gasteiger partial charge in [-0.15, -0.1) is 6.58 Å². The van der Waals surface area contributed by atoms with Gasteiger partial charge in [0, 0.05) is 31.4 Å². The molecule has 0 amide bonds. The summed E-state index contributed by atoms with van der Waals surface area (Å²) < 4.78 is 0. The summed E-state index contributed by atoms with van der Waals surface area (Å²) in [5, 5.41) is 3.35. The minimum atomic E-state index is 0.851. The van der Waals surface area contributed by atoms with E-state index in [4.69, 9.17) is 0 Å². The van der Waals surface area contributed by atoms with E-state index in [-0.39, 0.29) is 0 Å². The monoisotopic (exact) mass is 233 g/mol. The van der Waals surface area contributed by atoms with Gasteiger partial charge in [-0.2, -0.15) is 0 Å². The van der Waals surface area contributed by atoms with E-state index in [1.165, 1.54) is 5.56 Å². The lowest BCUT2D eigenvalue weighted by Gasteiger charge is -2.24. The Morgan fingerprint density at radius 2 is 2.29 bits per heavy atom. The van der Waals surface area contributed by atoms with Crippen LogP contribution in [0.25, 0.3) is 0 Å². The molecule has 1 rings (SSSR count). The summed E-state index contributed by atoms with van der Waals surface area (Å²) >= 11 is 0. The third-order valence-electron chi connectivity index (χ3n) is 2.58. The topological polar surface area (TPSA) is 28.2 Å². The van der Waals surface area contributed by atoms with Crippen molar-refractivity contribution in [2.75, 3.05) is 24.5 Å². The summed E-state index contributed by atoms with van der Waals surface area (Å²) in [5.74, 6) is 1.08. The Morgan fingerprint density at radius 3 is 2.94 bits per heavy atom. The highest BCUT2D eigenvalue weighted by atomic mass is 15.2. The van der Waals surface area contributed by atoms with Gasteiger partial charge < -0.3 is 10.2 Å². The SMILES string of the molecule is C=CCN(CCC)c1ncccc1CNCC. The molecule has 0 bridgehead atoms. The van der Waals surface area contributed by atoms with Gasteiger partial charge in [0.2, 0.25) is 0 Å². The summed E-state index contributed by atoms with van der Waals surface area (Å²) in [6.07, 6.45) is 4.91. The van der Waals surface area contributed by atoms with Gasteiger partial charge in [0.15, 0.2) is 0 Å². The number of anilines is 1. The second kappa shape index (κ2) is 7.85. The van der Waals surface area contributed by atoms with Crippen molar-refractivity contribution >= 4 is 5.82 Å². The molecule has 0 radical (unpaired) electrons. The molecule has 0 atom stereocenters. The maximum atomic E-state index is 4.51. The van der Waals surface area contributed by atoms with Crippen LogP contribution in [-0.4, -0.2) is 24.6 Å². The highest BCUT2D eigenvalue weighted by Gasteiger charge is 2.09. The van der Waals surface area contributed by atoms with E-state index in [2.05, 4.69) is 41.7 Å². The van der Waals surface area contributed by atoms with Gasteiger partial charge in [0.25, 0.3) is 0 Å². The van der Waals surface area contributed by atoms with Crippen molar-refractivity contribution in [3.8, 4) is 0 Å². The van der Waals surface area contributed by atoms with Gasteiger partial charge in [-0.3, -0.25) is 0 Å². The van der Waals surface area contributed by atoms with Gasteiger partial charge in [0.05, 0.1) is 0 Å². The van der Waals surface area contributed by atoms with Gasteiger partial charge in [-0.25, -0.2) is 4.98 Å². The molecule has 94 valence electrons. The Bertz CT molecular complexity index is 336. The lowest BCUT2D eigenvalue weighted by atomic mass is 10.2. The first-order valence-corrected chi connectivity index (χ1v) is 6.33. The molecule has 0 saturated heterocycles. The molecule has 17 heavy (non-hydrogen) atoms. The fourth-order valence-electron chi connectivity index (χ4n) is 1.82. The fraction of sp³-hybridized carbons (Fsp3) is 0.500. The van der Waals surface area contributed by atoms with Crippen molar-refractivity contribution in [3.05, 3.63) is 36.5 Å². The molecule has 0 fully saturated rings. The zero-order chi connectivity index (χ0) is 12.5. The summed E-state index contributed by atoms with van der Waals surface area (Å²) in [4.78, 5) is 6.78. The van der Waals surface area contributed by atoms with E-state index >= 15 is 0 Å². The van der Waals surface area contributed by atoms with Gasteiger partial charge in [-0.1, -0.05) is 26.0 Å². The first kappa shape index (κ1) is 13.7. The number of rotatable bonds is 8. The molecular weight excluding hydrogens is 210 g/mol. The Labute approximate surface area is 105 Å². The predicted octanol–water partition coefficient (Wildman–Crippen LogP) is 2.59. The number of nitrogens with one attached hydrogen (secondary N) is 1. The molecule has 0 spiro atoms. The average molecular weight is 233 g/mol. The smallest absolute Gasteiger partial charge is 0.133 e. The zero-order valence-corrected chi connectivity index (χ0v) is 10.9. The van der Waals surface area contributed by atoms with Crippen molar-refractivity contribution in [3.63, 3.8) is 0 Å². The summed E-state index contributed by atoms with van der Waals surface area (Å²) in [7, 11) is 0. The van der Waals surface area contributed by atoms with E-state index in [9.17, 15) is 0 Å². The Kier molecular flexibility index (Phi) is 6.33. The highest BCUT2D eigenvalue weighted by molar-refractivity contribution is 5.47. The van der Waals surface area contributed by atoms with Gasteiger partial charge >= 0.3 is 0 Å². The summed E-state index contributed by atoms with van der Waals surface area (Å²) in [6, 6.07) is 4.13. The molecule has 0 aliphatic heterocycles. The molecular formula is C14H23N3. The quantitative estimate of drug-likeness (QED) is 0.700. The van der Waals surface area contributed by atoms with Crippen LogP contribution in [0, 0.1) is 0 Å². The molecule has 0 unspecified atom stereocenters. The van der Waals surface area contributed by atoms with Crippen LogP contribution in [0.5, 0.6) is 0 Å². The fourth-order valence-corrected chi connectivity index (χ4v) is 1.82. The zero-order valence-electron chi connectivity index (χ0n) is 10.9. The number of nitrogens with zero attached hydrogens (tertiary/aromatic N) is 2. The molecule has 0 aliphatic carbocycles. The van der Waals surface area contributed by atoms with Crippen molar-refractivity contribution in [1.82, 2.24) is 10.3 Å². The Hall–Kier alpha value is -1.35. The minimum absolute atomic E-state index is 0.851. The van der Waals surface area contributed by atoms with E-state index in [1.807, 2.05) is 18.3 Å². The maximum Gasteiger partial charge on any atom is 0.133 e. The first-order valence-electron chi connectivity index (χ1n) is 6.33. The molecule has 1 aromatic rings. The van der Waals surface area contributed by atoms with Crippen molar-refractivity contribution < 1.29 is 0 Å². The Morgan fingerprint density at radius 1 is 1.47 bits per heavy atom. The van der Waals surface area contributed by atoms with Crippen molar-refractivity contribution in [1.29, 1.82) is 0 Å². The van der Waals surface area contributed by atoms with Crippen molar-refractivity contribution in [2.24, 2.45) is 0 Å². The average Bonchev–Trinajstić information content (AvgIpc) is 2.36. The first-order chi connectivity index (χ1) is 8.33. The molecule has 1 N–H and O–H groups in total. The van der Waals surface area contributed by atoms with Crippen molar-refractivity contribution in [2.45, 2.75) is 26.8 Å². The maximum absolute atomic E-state index is 4.51. The van der Waals surface area contributed by atoms with Crippen LogP contribution in [-0.2, 0) is 6.54 Å². The van der Waals surface area contributed by atoms with Crippen LogP contribution >= 0.6 is 0 Å². The van der Waals surface area contributed by atoms with E-state index in [0.717, 1.165) is 38.4 Å². The number of hydrogen-bond donors (Lipinski definition) is 1. The predicted molar refractivity (Wildman–Crippen MR) is 74.3 cm³/mol. The lowest BCUT2D eigenvalue weighted by molar-refractivity contribution is 0.714. The molecule has 0 aromatic carbocycles. The van der Waals surface area contributed by atoms with Gasteiger partial charge in [0.1, 0.15) is 5.82 Å². The number of aromatic nitrogens is 1. The molecule has 0 saturated carbocycles. The van der Waals surface area contributed by atoms with Gasteiger partial charge in [-0.05, 0) is 19.0 Å². The minimum Gasteiger partial charge on any atom is -0.353 e. The summed E-state index contributed by atoms with van der Waals surface area (Å²) in [5.41, 5.74) is 1.25. The van der Waals surface area contributed by atoms with E-state index < -0.39 is 0 Å². The van der Waals surface area contributed by atoms with Crippen LogP contribution in [0.15, 0.2) is 31.0 Å². The second-order valence-corrected chi connectivity index (χ2v) is 4.00. The van der Waals surface area contributed by atoms with Crippen LogP contribution in [0.2, 0.25) is 0 Å². The molecule has 0 aliphatic rings.